The average Bonchev–Trinajstić information content (AvgIpc) is 2.81. The molecule has 0 amide bonds. The number of non-ortho nitro benzene ring substituents is 1. The predicted molar refractivity (Wildman–Crippen MR) is 124 cm³/mol. The van der Waals surface area contributed by atoms with Gasteiger partial charge in [-0.05, 0) is 30.7 Å². The number of sulfonamides is 1. The molecule has 0 unspecified atom stereocenters. The number of hydrogen-bond donors (Lipinski definition) is 2. The molecular weight excluding hydrogens is 448 g/mol. The van der Waals surface area contributed by atoms with Gasteiger partial charge < -0.3 is 14.8 Å². The minimum atomic E-state index is -4.21. The maximum atomic E-state index is 13.2. The van der Waals surface area contributed by atoms with E-state index < -0.39 is 14.9 Å². The van der Waals surface area contributed by atoms with Crippen LogP contribution in [0.5, 0.6) is 11.6 Å². The first-order valence-electron chi connectivity index (χ1n) is 10.1. The van der Waals surface area contributed by atoms with Gasteiger partial charge in [0.2, 0.25) is 5.88 Å². The van der Waals surface area contributed by atoms with Crippen LogP contribution in [0.25, 0.3) is 0 Å². The molecule has 0 saturated carbocycles. The van der Waals surface area contributed by atoms with Crippen molar-refractivity contribution < 1.29 is 22.8 Å². The van der Waals surface area contributed by atoms with E-state index in [2.05, 4.69) is 15.0 Å². The van der Waals surface area contributed by atoms with E-state index in [0.29, 0.717) is 23.8 Å². The first-order valence-corrected chi connectivity index (χ1v) is 11.6. The molecule has 33 heavy (non-hydrogen) atoms. The summed E-state index contributed by atoms with van der Waals surface area (Å²) in [6.07, 6.45) is 2.41. The lowest BCUT2D eigenvalue weighted by Gasteiger charge is -2.16. The van der Waals surface area contributed by atoms with Crippen molar-refractivity contribution >= 4 is 27.1 Å². The summed E-state index contributed by atoms with van der Waals surface area (Å²) < 4.78 is 39.7. The molecule has 1 heterocycles. The summed E-state index contributed by atoms with van der Waals surface area (Å²) >= 11 is 0. The van der Waals surface area contributed by atoms with E-state index in [1.807, 2.05) is 6.92 Å². The molecule has 10 nitrogen and oxygen atoms in total. The quantitative estimate of drug-likeness (QED) is 0.313. The van der Waals surface area contributed by atoms with Gasteiger partial charge in [-0.1, -0.05) is 25.1 Å². The van der Waals surface area contributed by atoms with Gasteiger partial charge in [-0.2, -0.15) is 0 Å². The van der Waals surface area contributed by atoms with E-state index in [1.54, 1.807) is 36.5 Å². The van der Waals surface area contributed by atoms with Crippen molar-refractivity contribution in [3.8, 4) is 11.6 Å². The van der Waals surface area contributed by atoms with Crippen LogP contribution in [0.1, 0.15) is 18.9 Å². The Bertz CT molecular complexity index is 1230. The fraction of sp³-hybridized carbons (Fsp3) is 0.227. The molecule has 0 radical (unpaired) electrons. The number of nitro benzene ring substituents is 1. The second-order valence-corrected chi connectivity index (χ2v) is 8.56. The molecule has 2 aromatic carbocycles. The molecule has 3 rings (SSSR count). The van der Waals surface area contributed by atoms with Crippen LogP contribution in [0.15, 0.2) is 65.7 Å². The number of nitro groups is 1. The standard InChI is InChI=1S/C22H24N4O6S/c1-3-13-32-22-16(7-6-12-23-22)15-24-19-11-10-17(26(27)28)14-21(19)33(29,30)25-18-8-4-5-9-20(18)31-2/h4-12,14,24-25H,3,13,15H2,1-2H3. The number of ether oxygens (including phenoxy) is 2. The molecule has 0 bridgehead atoms. The molecule has 0 saturated heterocycles. The highest BCUT2D eigenvalue weighted by molar-refractivity contribution is 7.93. The highest BCUT2D eigenvalue weighted by Crippen LogP contribution is 2.31. The number of rotatable bonds is 11. The minimum Gasteiger partial charge on any atom is -0.495 e. The van der Waals surface area contributed by atoms with Crippen molar-refractivity contribution in [2.45, 2.75) is 24.8 Å². The Hall–Kier alpha value is -3.86. The summed E-state index contributed by atoms with van der Waals surface area (Å²) in [5.74, 6) is 0.749. The van der Waals surface area contributed by atoms with Gasteiger partial charge in [-0.25, -0.2) is 13.4 Å². The lowest BCUT2D eigenvalue weighted by Crippen LogP contribution is -2.16. The fourth-order valence-corrected chi connectivity index (χ4v) is 4.27. The molecule has 0 aliphatic carbocycles. The average molecular weight is 473 g/mol. The highest BCUT2D eigenvalue weighted by Gasteiger charge is 2.24. The van der Waals surface area contributed by atoms with E-state index in [1.165, 1.54) is 25.3 Å². The first-order chi connectivity index (χ1) is 15.9. The van der Waals surface area contributed by atoms with Crippen molar-refractivity contribution in [2.24, 2.45) is 0 Å². The Morgan fingerprint density at radius 2 is 1.88 bits per heavy atom. The lowest BCUT2D eigenvalue weighted by atomic mass is 10.2. The summed E-state index contributed by atoms with van der Waals surface area (Å²) in [5.41, 5.74) is 0.757. The largest absolute Gasteiger partial charge is 0.495 e. The van der Waals surface area contributed by atoms with Gasteiger partial charge >= 0.3 is 0 Å². The monoisotopic (exact) mass is 472 g/mol. The SMILES string of the molecule is CCCOc1ncccc1CNc1ccc([N+](=O)[O-])cc1S(=O)(=O)Nc1ccccc1OC. The number of anilines is 2. The van der Waals surface area contributed by atoms with Crippen molar-refractivity contribution in [3.63, 3.8) is 0 Å². The van der Waals surface area contributed by atoms with Crippen LogP contribution in [-0.2, 0) is 16.6 Å². The maximum absolute atomic E-state index is 13.2. The topological polar surface area (TPSA) is 133 Å². The molecule has 1 aromatic heterocycles. The third-order valence-corrected chi connectivity index (χ3v) is 5.98. The van der Waals surface area contributed by atoms with E-state index >= 15 is 0 Å². The minimum absolute atomic E-state index is 0.188. The van der Waals surface area contributed by atoms with Crippen LogP contribution in [0.3, 0.4) is 0 Å². The van der Waals surface area contributed by atoms with E-state index in [9.17, 15) is 18.5 Å². The van der Waals surface area contributed by atoms with Gasteiger partial charge in [-0.3, -0.25) is 14.8 Å². The van der Waals surface area contributed by atoms with Crippen molar-refractivity contribution in [2.75, 3.05) is 23.8 Å². The van der Waals surface area contributed by atoms with Crippen LogP contribution in [0.2, 0.25) is 0 Å². The number of nitrogens with one attached hydrogen (secondary N) is 2. The zero-order chi connectivity index (χ0) is 23.8. The molecule has 0 fully saturated rings. The van der Waals surface area contributed by atoms with Gasteiger partial charge in [0.05, 0.1) is 30.0 Å². The van der Waals surface area contributed by atoms with Crippen molar-refractivity contribution in [1.82, 2.24) is 4.98 Å². The Morgan fingerprint density at radius 3 is 2.61 bits per heavy atom. The third-order valence-electron chi connectivity index (χ3n) is 4.58. The summed E-state index contributed by atoms with van der Waals surface area (Å²) in [7, 11) is -2.79. The molecule has 0 aliphatic rings. The smallest absolute Gasteiger partial charge is 0.270 e. The second kappa shape index (κ2) is 10.6. The van der Waals surface area contributed by atoms with Crippen molar-refractivity contribution in [1.29, 1.82) is 0 Å². The molecule has 174 valence electrons. The van der Waals surface area contributed by atoms with Crippen LogP contribution in [0, 0.1) is 10.1 Å². The number of benzene rings is 2. The van der Waals surface area contributed by atoms with Gasteiger partial charge in [0.25, 0.3) is 15.7 Å². The lowest BCUT2D eigenvalue weighted by molar-refractivity contribution is -0.385. The van der Waals surface area contributed by atoms with Crippen LogP contribution >= 0.6 is 0 Å². The highest BCUT2D eigenvalue weighted by atomic mass is 32.2. The summed E-state index contributed by atoms with van der Waals surface area (Å²) in [6, 6.07) is 13.6. The number of nitrogens with zero attached hydrogens (tertiary/aromatic N) is 2. The Labute approximate surface area is 191 Å². The number of para-hydroxylation sites is 2. The van der Waals surface area contributed by atoms with Gasteiger partial charge in [0.15, 0.2) is 0 Å². The normalized spacial score (nSPS) is 11.0. The summed E-state index contributed by atoms with van der Waals surface area (Å²) in [5, 5.41) is 14.3. The molecular formula is C22H24N4O6S. The maximum Gasteiger partial charge on any atom is 0.270 e. The summed E-state index contributed by atoms with van der Waals surface area (Å²) in [6.45, 7) is 2.66. The van der Waals surface area contributed by atoms with Gasteiger partial charge in [0, 0.05) is 30.4 Å². The summed E-state index contributed by atoms with van der Waals surface area (Å²) in [4.78, 5) is 14.6. The van der Waals surface area contributed by atoms with Crippen LogP contribution in [-0.4, -0.2) is 32.0 Å². The first kappa shape index (κ1) is 23.8. The molecule has 11 heteroatoms. The zero-order valence-electron chi connectivity index (χ0n) is 18.1. The number of pyridine rings is 1. The molecule has 2 N–H and O–H groups in total. The van der Waals surface area contributed by atoms with E-state index in [0.717, 1.165) is 12.5 Å². The van der Waals surface area contributed by atoms with E-state index in [-0.39, 0.29) is 28.5 Å². The fourth-order valence-electron chi connectivity index (χ4n) is 3.00. The number of hydrogen-bond acceptors (Lipinski definition) is 8. The predicted octanol–water partition coefficient (Wildman–Crippen LogP) is 4.20. The molecule has 0 aliphatic heterocycles. The van der Waals surface area contributed by atoms with E-state index in [4.69, 9.17) is 9.47 Å². The zero-order valence-corrected chi connectivity index (χ0v) is 19.0. The Kier molecular flexibility index (Phi) is 7.67. The molecule has 0 spiro atoms. The third kappa shape index (κ3) is 5.89. The second-order valence-electron chi connectivity index (χ2n) is 6.91. The molecule has 3 aromatic rings. The van der Waals surface area contributed by atoms with Crippen LogP contribution in [0.4, 0.5) is 17.1 Å². The Balaban J connectivity index is 1.95. The van der Waals surface area contributed by atoms with Crippen LogP contribution < -0.4 is 19.5 Å². The number of methoxy groups -OCH3 is 1. The van der Waals surface area contributed by atoms with Gasteiger partial charge in [-0.15, -0.1) is 0 Å². The Morgan fingerprint density at radius 1 is 1.09 bits per heavy atom. The van der Waals surface area contributed by atoms with Gasteiger partial charge in [0.1, 0.15) is 10.6 Å². The van der Waals surface area contributed by atoms with Crippen molar-refractivity contribution in [3.05, 3.63) is 76.5 Å². The number of aromatic nitrogens is 1. The molecule has 0 atom stereocenters.